The quantitative estimate of drug-likeness (QED) is 0.814. The minimum Gasteiger partial charge on any atom is -0.367 e. The smallest absolute Gasteiger partial charge is 0.243 e. The molecule has 1 aromatic heterocycles. The maximum absolute atomic E-state index is 5.80. The normalized spacial score (nSPS) is 31.4. The molecule has 0 radical (unpaired) electrons. The average molecular weight is 238 g/mol. The first-order valence-electron chi connectivity index (χ1n) is 6.19. The number of hydrogen-bond acceptors (Lipinski definition) is 6. The highest BCUT2D eigenvalue weighted by Gasteiger charge is 2.34. The van der Waals surface area contributed by atoms with Gasteiger partial charge in [-0.15, -0.1) is 0 Å². The Hall–Kier alpha value is -0.980. The van der Waals surface area contributed by atoms with E-state index in [4.69, 9.17) is 15.0 Å². The van der Waals surface area contributed by atoms with E-state index in [0.717, 1.165) is 19.7 Å². The van der Waals surface area contributed by atoms with Crippen molar-refractivity contribution in [3.8, 4) is 0 Å². The zero-order valence-electron chi connectivity index (χ0n) is 10.0. The molecule has 0 saturated carbocycles. The second-order valence-corrected chi connectivity index (χ2v) is 4.89. The molecule has 2 aliphatic heterocycles. The molecule has 0 bridgehead atoms. The van der Waals surface area contributed by atoms with Crippen molar-refractivity contribution in [2.75, 3.05) is 19.7 Å². The molecular weight excluding hydrogens is 220 g/mol. The summed E-state index contributed by atoms with van der Waals surface area (Å²) in [6.45, 7) is 4.62. The summed E-state index contributed by atoms with van der Waals surface area (Å²) >= 11 is 0. The standard InChI is InChI=1S/C11H18N4O2/c1-7(12)11-13-10(14-17-11)9-5-15-4-2-3-8(15)6-16-9/h7-9H,2-6,12H2,1H3. The van der Waals surface area contributed by atoms with Gasteiger partial charge in [-0.1, -0.05) is 5.16 Å². The summed E-state index contributed by atoms with van der Waals surface area (Å²) in [7, 11) is 0. The molecule has 2 fully saturated rings. The Morgan fingerprint density at radius 3 is 3.18 bits per heavy atom. The first-order valence-corrected chi connectivity index (χ1v) is 6.19. The third-order valence-electron chi connectivity index (χ3n) is 3.52. The molecule has 3 atom stereocenters. The molecule has 2 saturated heterocycles. The topological polar surface area (TPSA) is 77.4 Å². The van der Waals surface area contributed by atoms with Crippen LogP contribution in [0.1, 0.15) is 43.6 Å². The van der Waals surface area contributed by atoms with Gasteiger partial charge >= 0.3 is 0 Å². The Bertz CT molecular complexity index is 393. The van der Waals surface area contributed by atoms with Crippen LogP contribution in [0.4, 0.5) is 0 Å². The van der Waals surface area contributed by atoms with E-state index >= 15 is 0 Å². The van der Waals surface area contributed by atoms with Crippen LogP contribution in [0.5, 0.6) is 0 Å². The monoisotopic (exact) mass is 238 g/mol. The van der Waals surface area contributed by atoms with E-state index in [1.54, 1.807) is 0 Å². The highest BCUT2D eigenvalue weighted by Crippen LogP contribution is 2.28. The van der Waals surface area contributed by atoms with Gasteiger partial charge in [-0.05, 0) is 26.3 Å². The summed E-state index contributed by atoms with van der Waals surface area (Å²) in [6.07, 6.45) is 2.43. The molecule has 17 heavy (non-hydrogen) atoms. The van der Waals surface area contributed by atoms with Crippen LogP contribution >= 0.6 is 0 Å². The number of morpholine rings is 1. The lowest BCUT2D eigenvalue weighted by atomic mass is 10.2. The van der Waals surface area contributed by atoms with E-state index in [1.165, 1.54) is 12.8 Å². The van der Waals surface area contributed by atoms with E-state index in [2.05, 4.69) is 15.0 Å². The van der Waals surface area contributed by atoms with Crippen molar-refractivity contribution in [1.82, 2.24) is 15.0 Å². The van der Waals surface area contributed by atoms with Gasteiger partial charge in [0.25, 0.3) is 0 Å². The lowest BCUT2D eigenvalue weighted by Gasteiger charge is -2.33. The van der Waals surface area contributed by atoms with Gasteiger partial charge in [0.15, 0.2) is 0 Å². The van der Waals surface area contributed by atoms with Crippen molar-refractivity contribution in [2.45, 2.75) is 38.0 Å². The Morgan fingerprint density at radius 1 is 1.53 bits per heavy atom. The molecule has 1 aromatic rings. The third kappa shape index (κ3) is 2.08. The molecule has 0 aliphatic carbocycles. The molecule has 2 N–H and O–H groups in total. The highest BCUT2D eigenvalue weighted by molar-refractivity contribution is 4.98. The van der Waals surface area contributed by atoms with Crippen LogP contribution in [-0.4, -0.2) is 40.8 Å². The first-order chi connectivity index (χ1) is 8.24. The largest absolute Gasteiger partial charge is 0.367 e. The lowest BCUT2D eigenvalue weighted by molar-refractivity contribution is -0.0548. The van der Waals surface area contributed by atoms with Crippen molar-refractivity contribution in [1.29, 1.82) is 0 Å². The first kappa shape index (κ1) is 11.1. The predicted octanol–water partition coefficient (Wildman–Crippen LogP) is 0.625. The summed E-state index contributed by atoms with van der Waals surface area (Å²) in [5, 5.41) is 3.96. The fourth-order valence-corrected chi connectivity index (χ4v) is 2.54. The predicted molar refractivity (Wildman–Crippen MR) is 60.2 cm³/mol. The molecule has 3 heterocycles. The van der Waals surface area contributed by atoms with Crippen molar-refractivity contribution in [3.05, 3.63) is 11.7 Å². The van der Waals surface area contributed by atoms with Gasteiger partial charge in [0.2, 0.25) is 11.7 Å². The number of fused-ring (bicyclic) bond motifs is 1. The number of rotatable bonds is 2. The van der Waals surface area contributed by atoms with Gasteiger partial charge in [-0.3, -0.25) is 4.90 Å². The molecule has 0 spiro atoms. The van der Waals surface area contributed by atoms with Crippen LogP contribution < -0.4 is 5.73 Å². The van der Waals surface area contributed by atoms with Crippen molar-refractivity contribution in [3.63, 3.8) is 0 Å². The van der Waals surface area contributed by atoms with Crippen LogP contribution in [0.2, 0.25) is 0 Å². The summed E-state index contributed by atoms with van der Waals surface area (Å²) in [5.74, 6) is 1.11. The second-order valence-electron chi connectivity index (χ2n) is 4.89. The van der Waals surface area contributed by atoms with Crippen LogP contribution in [0.15, 0.2) is 4.52 Å². The average Bonchev–Trinajstić information content (AvgIpc) is 2.97. The minimum atomic E-state index is -0.223. The number of nitrogens with zero attached hydrogens (tertiary/aromatic N) is 3. The summed E-state index contributed by atoms with van der Waals surface area (Å²) < 4.78 is 10.9. The van der Waals surface area contributed by atoms with Crippen molar-refractivity contribution in [2.24, 2.45) is 5.73 Å². The van der Waals surface area contributed by atoms with Crippen molar-refractivity contribution < 1.29 is 9.26 Å². The number of nitrogens with two attached hydrogens (primary N) is 1. The Balaban J connectivity index is 1.71. The fraction of sp³-hybridized carbons (Fsp3) is 0.818. The summed E-state index contributed by atoms with van der Waals surface area (Å²) in [5.41, 5.74) is 5.69. The van der Waals surface area contributed by atoms with Crippen LogP contribution in [0.25, 0.3) is 0 Å². The van der Waals surface area contributed by atoms with Gasteiger partial charge in [0.1, 0.15) is 6.10 Å². The number of aromatic nitrogens is 2. The van der Waals surface area contributed by atoms with Gasteiger partial charge in [-0.2, -0.15) is 4.98 Å². The minimum absolute atomic E-state index is 0.0689. The lowest BCUT2D eigenvalue weighted by Crippen LogP contribution is -2.42. The van der Waals surface area contributed by atoms with Gasteiger partial charge in [0, 0.05) is 12.6 Å². The molecule has 94 valence electrons. The van der Waals surface area contributed by atoms with Crippen LogP contribution in [0, 0.1) is 0 Å². The summed E-state index contributed by atoms with van der Waals surface area (Å²) in [4.78, 5) is 6.75. The Labute approximate surface area is 100 Å². The van der Waals surface area contributed by atoms with Gasteiger partial charge < -0.3 is 15.0 Å². The van der Waals surface area contributed by atoms with E-state index < -0.39 is 0 Å². The number of ether oxygens (including phenoxy) is 1. The Kier molecular flexibility index (Phi) is 2.85. The van der Waals surface area contributed by atoms with Crippen LogP contribution in [-0.2, 0) is 4.74 Å². The van der Waals surface area contributed by atoms with Crippen LogP contribution in [0.3, 0.4) is 0 Å². The maximum Gasteiger partial charge on any atom is 0.243 e. The second kappa shape index (κ2) is 4.36. The molecule has 0 amide bonds. The molecule has 0 aromatic carbocycles. The van der Waals surface area contributed by atoms with E-state index in [0.29, 0.717) is 17.8 Å². The molecule has 3 rings (SSSR count). The van der Waals surface area contributed by atoms with Crippen molar-refractivity contribution >= 4 is 0 Å². The molecule has 3 unspecified atom stereocenters. The summed E-state index contributed by atoms with van der Waals surface area (Å²) in [6, 6.07) is 0.366. The van der Waals surface area contributed by atoms with Gasteiger partial charge in [0.05, 0.1) is 12.6 Å². The fourth-order valence-electron chi connectivity index (χ4n) is 2.54. The van der Waals surface area contributed by atoms with E-state index in [9.17, 15) is 0 Å². The number of hydrogen-bond donors (Lipinski definition) is 1. The Morgan fingerprint density at radius 2 is 2.41 bits per heavy atom. The highest BCUT2D eigenvalue weighted by atomic mass is 16.5. The molecular formula is C11H18N4O2. The van der Waals surface area contributed by atoms with E-state index in [-0.39, 0.29) is 12.1 Å². The zero-order valence-corrected chi connectivity index (χ0v) is 10.0. The zero-order chi connectivity index (χ0) is 11.8. The molecule has 2 aliphatic rings. The van der Waals surface area contributed by atoms with E-state index in [1.807, 2.05) is 6.92 Å². The maximum atomic E-state index is 5.80. The molecule has 6 nitrogen and oxygen atoms in total. The SMILES string of the molecule is CC(N)c1nc(C2CN3CCCC3CO2)no1. The third-order valence-corrected chi connectivity index (χ3v) is 3.52. The van der Waals surface area contributed by atoms with Gasteiger partial charge in [-0.25, -0.2) is 0 Å². The molecule has 6 heteroatoms.